The number of hydrogen-bond donors (Lipinski definition) is 1. The van der Waals surface area contributed by atoms with Crippen LogP contribution in [0.1, 0.15) is 18.4 Å². The predicted molar refractivity (Wildman–Crippen MR) is 111 cm³/mol. The molecular weight excluding hydrogens is 465 g/mol. The van der Waals surface area contributed by atoms with E-state index in [1.165, 1.54) is 18.0 Å². The zero-order chi connectivity index (χ0) is 18.7. The monoisotopic (exact) mass is 483 g/mol. The molecule has 136 valence electrons. The maximum Gasteiger partial charge on any atom is 0.284 e. The summed E-state index contributed by atoms with van der Waals surface area (Å²) in [7, 11) is 0. The Morgan fingerprint density at radius 2 is 2.12 bits per heavy atom. The number of anilines is 1. The average molecular weight is 483 g/mol. The highest BCUT2D eigenvalue weighted by Crippen LogP contribution is 2.36. The molecule has 26 heavy (non-hydrogen) atoms. The van der Waals surface area contributed by atoms with Gasteiger partial charge in [0.25, 0.3) is 5.69 Å². The first kappa shape index (κ1) is 19.1. The molecule has 6 nitrogen and oxygen atoms in total. The fraction of sp³-hybridized carbons (Fsp3) is 0.278. The van der Waals surface area contributed by atoms with Gasteiger partial charge in [-0.15, -0.1) is 0 Å². The molecule has 0 radical (unpaired) electrons. The van der Waals surface area contributed by atoms with Gasteiger partial charge in [0, 0.05) is 21.9 Å². The van der Waals surface area contributed by atoms with E-state index in [1.807, 2.05) is 29.4 Å². The van der Waals surface area contributed by atoms with Crippen LogP contribution in [-0.4, -0.2) is 27.7 Å². The Kier molecular flexibility index (Phi) is 6.15. The van der Waals surface area contributed by atoms with Crippen LogP contribution in [0.4, 0.5) is 11.4 Å². The molecule has 0 aromatic heterocycles. The summed E-state index contributed by atoms with van der Waals surface area (Å²) in [5.74, 6) is -0.0714. The number of nitrogens with zero attached hydrogens (tertiary/aromatic N) is 2. The minimum atomic E-state index is -0.386. The number of nitro benzene ring substituents is 1. The van der Waals surface area contributed by atoms with Crippen molar-refractivity contribution in [2.45, 2.75) is 30.7 Å². The Morgan fingerprint density at radius 1 is 1.35 bits per heavy atom. The Bertz CT molecular complexity index is 846. The number of carbonyl (C=O) groups is 1. The van der Waals surface area contributed by atoms with Gasteiger partial charge in [0.1, 0.15) is 4.90 Å². The zero-order valence-electron chi connectivity index (χ0n) is 14.1. The number of halogens is 1. The van der Waals surface area contributed by atoms with E-state index in [-0.39, 0.29) is 22.6 Å². The first-order valence-corrected chi connectivity index (χ1v) is 10.1. The topological polar surface area (TPSA) is 75.5 Å². The molecule has 3 rings (SSSR count). The molecule has 1 N–H and O–H groups in total. The van der Waals surface area contributed by atoms with Gasteiger partial charge in [-0.1, -0.05) is 12.1 Å². The second-order valence-corrected chi connectivity index (χ2v) is 8.40. The van der Waals surface area contributed by atoms with E-state index in [4.69, 9.17) is 0 Å². The number of amides is 1. The van der Waals surface area contributed by atoms with Crippen molar-refractivity contribution in [1.82, 2.24) is 4.31 Å². The molecule has 1 aliphatic heterocycles. The first-order chi connectivity index (χ1) is 12.5. The van der Waals surface area contributed by atoms with Gasteiger partial charge in [-0.2, -0.15) is 0 Å². The lowest BCUT2D eigenvalue weighted by Crippen LogP contribution is -2.35. The van der Waals surface area contributed by atoms with Gasteiger partial charge in [0.05, 0.1) is 11.0 Å². The zero-order valence-corrected chi connectivity index (χ0v) is 17.1. The number of carbonyl (C=O) groups excluding carboxylic acids is 1. The van der Waals surface area contributed by atoms with E-state index in [2.05, 4.69) is 27.9 Å². The van der Waals surface area contributed by atoms with E-state index < -0.39 is 0 Å². The second-order valence-electron chi connectivity index (χ2n) is 6.06. The molecule has 1 amide bonds. The van der Waals surface area contributed by atoms with Crippen molar-refractivity contribution in [3.8, 4) is 0 Å². The predicted octanol–water partition coefficient (Wildman–Crippen LogP) is 4.62. The summed E-state index contributed by atoms with van der Waals surface area (Å²) < 4.78 is 3.06. The van der Waals surface area contributed by atoms with Crippen LogP contribution >= 0.6 is 34.5 Å². The second kappa shape index (κ2) is 8.36. The Balaban J connectivity index is 1.74. The molecule has 8 heteroatoms. The summed E-state index contributed by atoms with van der Waals surface area (Å²) in [4.78, 5) is 24.2. The average Bonchev–Trinajstić information content (AvgIpc) is 3.06. The fourth-order valence-corrected chi connectivity index (χ4v) is 4.73. The fourth-order valence-electron chi connectivity index (χ4n) is 2.91. The van der Waals surface area contributed by atoms with Gasteiger partial charge in [0.2, 0.25) is 5.91 Å². The Hall–Kier alpha value is -1.65. The number of rotatable bonds is 5. The lowest BCUT2D eigenvalue weighted by atomic mass is 10.1. The van der Waals surface area contributed by atoms with Crippen molar-refractivity contribution in [3.05, 3.63) is 61.7 Å². The molecule has 0 saturated carbocycles. The van der Waals surface area contributed by atoms with Crippen LogP contribution in [0.2, 0.25) is 0 Å². The normalized spacial score (nSPS) is 17.2. The van der Waals surface area contributed by atoms with E-state index in [0.717, 1.165) is 34.2 Å². The third kappa shape index (κ3) is 4.36. The van der Waals surface area contributed by atoms with Crippen molar-refractivity contribution in [2.24, 2.45) is 0 Å². The van der Waals surface area contributed by atoms with Crippen LogP contribution in [0.3, 0.4) is 0 Å². The van der Waals surface area contributed by atoms with Crippen LogP contribution in [0.25, 0.3) is 0 Å². The van der Waals surface area contributed by atoms with Crippen LogP contribution in [0, 0.1) is 20.6 Å². The van der Waals surface area contributed by atoms with Gasteiger partial charge < -0.3 is 5.32 Å². The lowest BCUT2D eigenvalue weighted by molar-refractivity contribution is -0.387. The number of hydrogen-bond acceptors (Lipinski definition) is 5. The number of nitrogens with one attached hydrogen (secondary N) is 1. The summed E-state index contributed by atoms with van der Waals surface area (Å²) in [6, 6.07) is 12.2. The SMILES string of the molecule is Cc1cc(I)ccc1NC(=O)[C@@H]1CCCN1Sc1ccccc1[N+](=O)[O-]. The standard InChI is InChI=1S/C18H18IN3O3S/c1-12-11-13(19)8-9-14(12)20-18(23)16-6-4-10-21(16)26-17-7-3-2-5-15(17)22(24)25/h2-3,5,7-9,11,16H,4,6,10H2,1H3,(H,20,23)/t16-/m0/s1. The molecule has 0 unspecified atom stereocenters. The molecule has 1 aliphatic rings. The van der Waals surface area contributed by atoms with E-state index >= 15 is 0 Å². The maximum atomic E-state index is 12.8. The van der Waals surface area contributed by atoms with Crippen LogP contribution in [0.5, 0.6) is 0 Å². The van der Waals surface area contributed by atoms with Crippen molar-refractivity contribution >= 4 is 51.8 Å². The van der Waals surface area contributed by atoms with Gasteiger partial charge in [-0.3, -0.25) is 14.9 Å². The largest absolute Gasteiger partial charge is 0.324 e. The molecule has 0 aliphatic carbocycles. The summed E-state index contributed by atoms with van der Waals surface area (Å²) in [6.07, 6.45) is 1.63. The summed E-state index contributed by atoms with van der Waals surface area (Å²) >= 11 is 3.53. The van der Waals surface area contributed by atoms with Gasteiger partial charge >= 0.3 is 0 Å². The number of nitro groups is 1. The van der Waals surface area contributed by atoms with E-state index in [9.17, 15) is 14.9 Å². The molecule has 1 heterocycles. The highest BCUT2D eigenvalue weighted by atomic mass is 127. The molecule has 0 spiro atoms. The highest BCUT2D eigenvalue weighted by molar-refractivity contribution is 14.1. The summed E-state index contributed by atoms with van der Waals surface area (Å²) in [6.45, 7) is 2.69. The molecule has 0 bridgehead atoms. The minimum Gasteiger partial charge on any atom is -0.324 e. The Labute approximate surface area is 169 Å². The number of aryl methyl sites for hydroxylation is 1. The molecular formula is C18H18IN3O3S. The summed E-state index contributed by atoms with van der Waals surface area (Å²) in [5, 5.41) is 14.2. The van der Waals surface area contributed by atoms with Crippen molar-refractivity contribution in [3.63, 3.8) is 0 Å². The van der Waals surface area contributed by atoms with Crippen LogP contribution in [0.15, 0.2) is 47.4 Å². The van der Waals surface area contributed by atoms with Crippen molar-refractivity contribution < 1.29 is 9.72 Å². The van der Waals surface area contributed by atoms with Gasteiger partial charge in [0.15, 0.2) is 0 Å². The van der Waals surface area contributed by atoms with Gasteiger partial charge in [-0.05, 0) is 84.1 Å². The third-order valence-corrected chi connectivity index (χ3v) is 6.11. The van der Waals surface area contributed by atoms with Crippen molar-refractivity contribution in [1.29, 1.82) is 0 Å². The van der Waals surface area contributed by atoms with E-state index in [0.29, 0.717) is 4.90 Å². The van der Waals surface area contributed by atoms with Crippen molar-refractivity contribution in [2.75, 3.05) is 11.9 Å². The first-order valence-electron chi connectivity index (χ1n) is 8.21. The van der Waals surface area contributed by atoms with Crippen LogP contribution < -0.4 is 5.32 Å². The molecule has 2 aromatic rings. The number of para-hydroxylation sites is 1. The highest BCUT2D eigenvalue weighted by Gasteiger charge is 2.33. The Morgan fingerprint density at radius 3 is 2.85 bits per heavy atom. The molecule has 1 saturated heterocycles. The third-order valence-electron chi connectivity index (χ3n) is 4.23. The van der Waals surface area contributed by atoms with Gasteiger partial charge in [-0.25, -0.2) is 4.31 Å². The quantitative estimate of drug-likeness (QED) is 0.291. The van der Waals surface area contributed by atoms with Crippen LogP contribution in [-0.2, 0) is 4.79 Å². The number of benzene rings is 2. The molecule has 1 fully saturated rings. The smallest absolute Gasteiger partial charge is 0.284 e. The minimum absolute atomic E-state index is 0.0667. The summed E-state index contributed by atoms with van der Waals surface area (Å²) in [5.41, 5.74) is 1.89. The lowest BCUT2D eigenvalue weighted by Gasteiger charge is -2.22. The molecule has 1 atom stereocenters. The maximum absolute atomic E-state index is 12.8. The molecule has 2 aromatic carbocycles. The van der Waals surface area contributed by atoms with E-state index in [1.54, 1.807) is 18.2 Å².